The van der Waals surface area contributed by atoms with E-state index in [-0.39, 0.29) is 36.3 Å². The molecule has 11 nitrogen and oxygen atoms in total. The van der Waals surface area contributed by atoms with Crippen LogP contribution >= 0.6 is 0 Å². The Morgan fingerprint density at radius 2 is 1.98 bits per heavy atom. The summed E-state index contributed by atoms with van der Waals surface area (Å²) in [5.41, 5.74) is 3.12. The van der Waals surface area contributed by atoms with E-state index < -0.39 is 5.82 Å². The summed E-state index contributed by atoms with van der Waals surface area (Å²) in [6.07, 6.45) is 6.30. The van der Waals surface area contributed by atoms with Crippen molar-refractivity contribution in [3.8, 4) is 11.9 Å². The van der Waals surface area contributed by atoms with Crippen molar-refractivity contribution in [2.45, 2.75) is 109 Å². The first-order chi connectivity index (χ1) is 25.8. The molecule has 4 unspecified atom stereocenters. The van der Waals surface area contributed by atoms with Crippen LogP contribution in [0.25, 0.3) is 11.0 Å². The summed E-state index contributed by atoms with van der Waals surface area (Å²) in [5, 5.41) is 12.2. The van der Waals surface area contributed by atoms with Gasteiger partial charge < -0.3 is 29.0 Å². The Hall–Kier alpha value is -4.57. The maximum Gasteiger partial charge on any atom is 0.251 e. The maximum absolute atomic E-state index is 14.4. The van der Waals surface area contributed by atoms with E-state index in [1.807, 2.05) is 43.3 Å². The van der Waals surface area contributed by atoms with Gasteiger partial charge in [0.1, 0.15) is 24.1 Å². The molecule has 2 aromatic carbocycles. The van der Waals surface area contributed by atoms with E-state index in [9.17, 15) is 9.18 Å². The average molecular weight is 724 g/mol. The Bertz CT molecular complexity index is 1940. The Labute approximate surface area is 311 Å². The molecule has 2 aromatic heterocycles. The first-order valence-electron chi connectivity index (χ1n) is 19.1. The van der Waals surface area contributed by atoms with Gasteiger partial charge in [-0.05, 0) is 82.3 Å². The number of nitrogens with zero attached hydrogens (tertiary/aromatic N) is 6. The molecule has 2 bridgehead atoms. The fraction of sp³-hybridized carbons (Fsp3) is 0.512. The number of nitrogens with one attached hydrogen (secondary N) is 1. The van der Waals surface area contributed by atoms with Gasteiger partial charge in [0.05, 0.1) is 48.0 Å². The van der Waals surface area contributed by atoms with Crippen molar-refractivity contribution >= 4 is 22.8 Å². The highest BCUT2D eigenvalue weighted by Crippen LogP contribution is 2.35. The lowest BCUT2D eigenvalue weighted by Gasteiger charge is -2.33. The van der Waals surface area contributed by atoms with Gasteiger partial charge in [-0.25, -0.2) is 9.37 Å². The Kier molecular flexibility index (Phi) is 11.5. The van der Waals surface area contributed by atoms with Crippen LogP contribution in [0.4, 0.5) is 10.2 Å². The molecule has 53 heavy (non-hydrogen) atoms. The fourth-order valence-corrected chi connectivity index (χ4v) is 7.71. The van der Waals surface area contributed by atoms with E-state index in [4.69, 9.17) is 29.4 Å². The van der Waals surface area contributed by atoms with Gasteiger partial charge in [-0.3, -0.25) is 9.69 Å². The highest BCUT2D eigenvalue weighted by molar-refractivity contribution is 5.97. The number of aromatic nitrogens is 3. The summed E-state index contributed by atoms with van der Waals surface area (Å²) in [7, 11) is 0. The van der Waals surface area contributed by atoms with Crippen molar-refractivity contribution in [2.24, 2.45) is 0 Å². The van der Waals surface area contributed by atoms with E-state index in [0.717, 1.165) is 80.9 Å². The third-order valence-electron chi connectivity index (χ3n) is 10.9. The molecule has 3 aliphatic heterocycles. The Morgan fingerprint density at radius 3 is 2.75 bits per heavy atom. The fourth-order valence-electron chi connectivity index (χ4n) is 7.71. The van der Waals surface area contributed by atoms with Crippen molar-refractivity contribution in [3.05, 3.63) is 82.9 Å². The summed E-state index contributed by atoms with van der Waals surface area (Å²) in [5.74, 6) is 1.72. The zero-order valence-electron chi connectivity index (χ0n) is 31.0. The first kappa shape index (κ1) is 36.8. The number of amides is 1. The third kappa shape index (κ3) is 8.64. The summed E-state index contributed by atoms with van der Waals surface area (Å²) in [6, 6.07) is 18.6. The number of hydrogen-bond acceptors (Lipinski definition) is 9. The Morgan fingerprint density at radius 1 is 1.11 bits per heavy atom. The molecule has 0 spiro atoms. The number of ether oxygens (including phenoxy) is 3. The molecule has 12 heteroatoms. The van der Waals surface area contributed by atoms with E-state index in [1.54, 1.807) is 18.2 Å². The predicted molar refractivity (Wildman–Crippen MR) is 200 cm³/mol. The molecule has 3 saturated heterocycles. The van der Waals surface area contributed by atoms with Crippen LogP contribution in [0, 0.1) is 17.1 Å². The molecule has 3 aliphatic rings. The number of carbonyl (C=O) groups is 1. The third-order valence-corrected chi connectivity index (χ3v) is 10.9. The van der Waals surface area contributed by atoms with Crippen LogP contribution in [0.2, 0.25) is 0 Å². The molecule has 5 heterocycles. The number of rotatable bonds is 16. The van der Waals surface area contributed by atoms with Crippen LogP contribution in [-0.2, 0) is 29.2 Å². The van der Waals surface area contributed by atoms with E-state index in [0.29, 0.717) is 48.8 Å². The normalized spacial score (nSPS) is 20.9. The zero-order chi connectivity index (χ0) is 36.9. The van der Waals surface area contributed by atoms with Crippen LogP contribution in [0.15, 0.2) is 54.6 Å². The number of imidazole rings is 1. The zero-order valence-corrected chi connectivity index (χ0v) is 31.0. The molecule has 1 N–H and O–H groups in total. The van der Waals surface area contributed by atoms with E-state index in [2.05, 4.69) is 33.5 Å². The molecule has 0 aliphatic carbocycles. The topological polar surface area (TPSA) is 118 Å². The number of hydrogen-bond donors (Lipinski definition) is 1. The van der Waals surface area contributed by atoms with Gasteiger partial charge in [0.25, 0.3) is 5.91 Å². The molecule has 5 atom stereocenters. The molecule has 7 rings (SSSR count). The minimum Gasteiger partial charge on any atom is -0.473 e. The van der Waals surface area contributed by atoms with Gasteiger partial charge >= 0.3 is 0 Å². The second-order valence-electron chi connectivity index (χ2n) is 14.8. The highest BCUT2D eigenvalue weighted by atomic mass is 19.1. The molecule has 1 amide bonds. The van der Waals surface area contributed by atoms with Crippen LogP contribution in [0.1, 0.15) is 86.6 Å². The van der Waals surface area contributed by atoms with Gasteiger partial charge in [0.2, 0.25) is 5.88 Å². The van der Waals surface area contributed by atoms with Gasteiger partial charge in [0, 0.05) is 61.6 Å². The number of halogens is 1. The molecular weight excluding hydrogens is 673 g/mol. The lowest BCUT2D eigenvalue weighted by molar-refractivity contribution is -0.0592. The molecule has 0 saturated carbocycles. The minimum atomic E-state index is -0.465. The Balaban J connectivity index is 1.01. The number of piperidine rings is 1. The summed E-state index contributed by atoms with van der Waals surface area (Å²) < 4.78 is 34.4. The van der Waals surface area contributed by atoms with Crippen molar-refractivity contribution in [1.82, 2.24) is 24.8 Å². The van der Waals surface area contributed by atoms with Crippen LogP contribution < -0.4 is 15.0 Å². The number of nitriles is 1. The van der Waals surface area contributed by atoms with Crippen molar-refractivity contribution in [1.29, 1.82) is 5.26 Å². The summed E-state index contributed by atoms with van der Waals surface area (Å²) >= 11 is 0. The maximum atomic E-state index is 14.4. The SMILES string of the molecule is CCCC(C)OCCC(C)NC(=O)c1ccc2nc(CN3CCC4C[C@H]3CN4c3cccc(OCc4ccc(C#N)cc4F)n3)n(CC3CCO3)c2c1. The monoisotopic (exact) mass is 723 g/mol. The standard InChI is InChI=1S/C41H50FN7O4/c1-4-6-28(3)51-17-14-27(2)44-41(50)30-11-12-36-37(20-30)49(24-34-15-18-52-34)39(45-36)25-47-16-13-32-21-33(47)23-48(32)38-7-5-8-40(46-38)53-26-31-10-9-29(22-43)19-35(31)42/h5,7-12,19-20,27-28,32-34H,4,6,13-18,21,23-26H2,1-3H3,(H,44,50)/t27?,28?,32?,33-,34?/m0/s1. The minimum absolute atomic E-state index is 0.00606. The van der Waals surface area contributed by atoms with Crippen molar-refractivity contribution in [3.63, 3.8) is 0 Å². The molecule has 4 aromatic rings. The molecular formula is C41H50FN7O4. The lowest BCUT2D eigenvalue weighted by Crippen LogP contribution is -2.41. The van der Waals surface area contributed by atoms with Crippen LogP contribution in [-0.4, -0.2) is 82.0 Å². The van der Waals surface area contributed by atoms with Gasteiger partial charge in [-0.1, -0.05) is 25.5 Å². The quantitative estimate of drug-likeness (QED) is 0.141. The predicted octanol–water partition coefficient (Wildman–Crippen LogP) is 6.38. The number of anilines is 1. The van der Waals surface area contributed by atoms with E-state index >= 15 is 0 Å². The second-order valence-corrected chi connectivity index (χ2v) is 14.8. The second kappa shape index (κ2) is 16.6. The van der Waals surface area contributed by atoms with Crippen LogP contribution in [0.3, 0.4) is 0 Å². The molecule has 280 valence electrons. The lowest BCUT2D eigenvalue weighted by atomic mass is 10.0. The molecule has 3 fully saturated rings. The largest absolute Gasteiger partial charge is 0.473 e. The number of benzene rings is 2. The number of fused-ring (bicyclic) bond motifs is 3. The van der Waals surface area contributed by atoms with E-state index in [1.165, 1.54) is 6.07 Å². The van der Waals surface area contributed by atoms with Gasteiger partial charge in [0.15, 0.2) is 0 Å². The summed E-state index contributed by atoms with van der Waals surface area (Å²) in [6.45, 7) is 10.9. The number of likely N-dealkylation sites (tertiary alicyclic amines) is 1. The highest BCUT2D eigenvalue weighted by Gasteiger charge is 2.40. The van der Waals surface area contributed by atoms with Gasteiger partial charge in [-0.15, -0.1) is 0 Å². The number of pyridine rings is 1. The molecule has 0 radical (unpaired) electrons. The van der Waals surface area contributed by atoms with Crippen LogP contribution in [0.5, 0.6) is 5.88 Å². The summed E-state index contributed by atoms with van der Waals surface area (Å²) in [4.78, 5) is 28.2. The average Bonchev–Trinajstić information content (AvgIpc) is 3.66. The van der Waals surface area contributed by atoms with Crippen molar-refractivity contribution < 1.29 is 23.4 Å². The smallest absolute Gasteiger partial charge is 0.251 e. The van der Waals surface area contributed by atoms with Gasteiger partial charge in [-0.2, -0.15) is 10.2 Å². The first-order valence-corrected chi connectivity index (χ1v) is 19.1. The number of carbonyl (C=O) groups excluding carboxylic acids is 1. The van der Waals surface area contributed by atoms with Crippen molar-refractivity contribution in [2.75, 3.05) is 31.2 Å².